The lowest BCUT2D eigenvalue weighted by Crippen LogP contribution is -2.50. The van der Waals surface area contributed by atoms with E-state index in [2.05, 4.69) is 12.1 Å². The number of aliphatic hydroxyl groups is 1. The lowest BCUT2D eigenvalue weighted by molar-refractivity contribution is -0.127. The Morgan fingerprint density at radius 3 is 2.31 bits per heavy atom. The normalized spacial score (nSPS) is 33.2. The van der Waals surface area contributed by atoms with Crippen LogP contribution in [-0.4, -0.2) is 28.9 Å². The van der Waals surface area contributed by atoms with E-state index in [1.165, 1.54) is 0 Å². The third kappa shape index (κ3) is 2.36. The van der Waals surface area contributed by atoms with Gasteiger partial charge < -0.3 is 9.84 Å². The van der Waals surface area contributed by atoms with Crippen LogP contribution >= 0.6 is 0 Å². The van der Waals surface area contributed by atoms with Gasteiger partial charge >= 0.3 is 0 Å². The van der Waals surface area contributed by atoms with Crippen molar-refractivity contribution in [3.63, 3.8) is 0 Å². The summed E-state index contributed by atoms with van der Waals surface area (Å²) >= 11 is 0. The molecule has 2 heterocycles. The van der Waals surface area contributed by atoms with Crippen molar-refractivity contribution in [2.24, 2.45) is 10.8 Å². The maximum Gasteiger partial charge on any atom is 0.176 e. The third-order valence-corrected chi connectivity index (χ3v) is 8.53. The van der Waals surface area contributed by atoms with Crippen LogP contribution in [0.1, 0.15) is 71.3 Å². The third-order valence-electron chi connectivity index (χ3n) is 8.53. The van der Waals surface area contributed by atoms with Gasteiger partial charge in [0.25, 0.3) is 0 Å². The van der Waals surface area contributed by atoms with E-state index in [1.807, 2.05) is 58.9 Å². The first-order chi connectivity index (χ1) is 15.0. The second-order valence-electron chi connectivity index (χ2n) is 10.3. The lowest BCUT2D eigenvalue weighted by atomic mass is 9.55. The molecule has 2 fully saturated rings. The molecular formula is C28H30O4. The van der Waals surface area contributed by atoms with Crippen LogP contribution in [0.4, 0.5) is 0 Å². The highest BCUT2D eigenvalue weighted by Gasteiger charge is 2.76. The first kappa shape index (κ1) is 21.1. The highest BCUT2D eigenvalue weighted by atomic mass is 16.5. The van der Waals surface area contributed by atoms with Gasteiger partial charge in [-0.2, -0.15) is 0 Å². The van der Waals surface area contributed by atoms with Crippen LogP contribution in [0.5, 0.6) is 0 Å². The number of benzene rings is 2. The summed E-state index contributed by atoms with van der Waals surface area (Å²) in [6, 6.07) is 11.8. The van der Waals surface area contributed by atoms with Crippen LogP contribution in [0.25, 0.3) is 5.57 Å². The predicted molar refractivity (Wildman–Crippen MR) is 124 cm³/mol. The number of ketones is 2. The van der Waals surface area contributed by atoms with Crippen molar-refractivity contribution in [1.82, 2.24) is 0 Å². The summed E-state index contributed by atoms with van der Waals surface area (Å²) in [6.45, 7) is 11.5. The van der Waals surface area contributed by atoms with Gasteiger partial charge in [-0.25, -0.2) is 0 Å². The van der Waals surface area contributed by atoms with Gasteiger partial charge in [-0.1, -0.05) is 42.0 Å². The molecule has 3 aliphatic rings. The average molecular weight is 431 g/mol. The number of rotatable bonds is 3. The topological polar surface area (TPSA) is 63.6 Å². The predicted octanol–water partition coefficient (Wildman–Crippen LogP) is 5.63. The second-order valence-corrected chi connectivity index (χ2v) is 10.3. The molecule has 4 nitrogen and oxygen atoms in total. The molecule has 1 aliphatic carbocycles. The van der Waals surface area contributed by atoms with Crippen LogP contribution in [0.2, 0.25) is 0 Å². The van der Waals surface area contributed by atoms with Crippen molar-refractivity contribution >= 4 is 17.1 Å². The Kier molecular flexibility index (Phi) is 4.39. The zero-order chi connectivity index (χ0) is 23.2. The van der Waals surface area contributed by atoms with Gasteiger partial charge in [0.1, 0.15) is 5.76 Å². The van der Waals surface area contributed by atoms with E-state index in [9.17, 15) is 14.7 Å². The number of hydrogen-bond acceptors (Lipinski definition) is 4. The minimum Gasteiger partial charge on any atom is -0.511 e. The molecule has 32 heavy (non-hydrogen) atoms. The summed E-state index contributed by atoms with van der Waals surface area (Å²) in [6.07, 6.45) is -0.00890. The Labute approximate surface area is 189 Å². The zero-order valence-electron chi connectivity index (χ0n) is 19.6. The van der Waals surface area contributed by atoms with Gasteiger partial charge in [0.15, 0.2) is 11.6 Å². The molecule has 2 aromatic carbocycles. The Balaban J connectivity index is 1.69. The standard InChI is InChI=1S/C28H30O4/c1-14-11-15(2)22(16(3)12-14)23-24(30)27(5)21-13-20(26(32-21)28(27,6)25(23)31)19-10-8-7-9-18(19)17(4)29/h7-12,20-21,26,31H,13H2,1-6H3/t20-,21-,26+,27+,28+/m0/s1. The van der Waals surface area contributed by atoms with E-state index in [0.29, 0.717) is 17.6 Å². The van der Waals surface area contributed by atoms with E-state index < -0.39 is 10.8 Å². The first-order valence-corrected chi connectivity index (χ1v) is 11.4. The molecule has 2 bridgehead atoms. The van der Waals surface area contributed by atoms with Crippen molar-refractivity contribution in [3.8, 4) is 0 Å². The van der Waals surface area contributed by atoms with Gasteiger partial charge in [0, 0.05) is 11.5 Å². The van der Waals surface area contributed by atoms with Gasteiger partial charge in [-0.05, 0) is 70.2 Å². The zero-order valence-corrected chi connectivity index (χ0v) is 19.6. The molecule has 5 rings (SSSR count). The van der Waals surface area contributed by atoms with Gasteiger partial charge in [0.05, 0.1) is 28.6 Å². The lowest BCUT2D eigenvalue weighted by Gasteiger charge is -2.43. The van der Waals surface area contributed by atoms with Crippen molar-refractivity contribution in [2.75, 3.05) is 0 Å². The van der Waals surface area contributed by atoms with Gasteiger partial charge in [-0.3, -0.25) is 9.59 Å². The molecule has 4 heteroatoms. The van der Waals surface area contributed by atoms with E-state index in [-0.39, 0.29) is 35.5 Å². The summed E-state index contributed by atoms with van der Waals surface area (Å²) in [7, 11) is 0. The van der Waals surface area contributed by atoms with Gasteiger partial charge in [-0.15, -0.1) is 0 Å². The number of fused-ring (bicyclic) bond motifs is 5. The van der Waals surface area contributed by atoms with Crippen molar-refractivity contribution in [1.29, 1.82) is 0 Å². The fourth-order valence-electron chi connectivity index (χ4n) is 6.85. The SMILES string of the molecule is CC(=O)c1ccccc1[C@@H]1C[C@@H]2O[C@H]1[C@@]1(C)C(O)=C(c3c(C)cc(C)cc3C)C(=O)[C@@]21C. The minimum absolute atomic E-state index is 0.0187. The molecule has 0 amide bonds. The van der Waals surface area contributed by atoms with E-state index >= 15 is 0 Å². The highest BCUT2D eigenvalue weighted by molar-refractivity contribution is 6.28. The number of aliphatic hydroxyl groups excluding tert-OH is 1. The largest absolute Gasteiger partial charge is 0.511 e. The monoisotopic (exact) mass is 430 g/mol. The number of carbonyl (C=O) groups excluding carboxylic acids is 2. The van der Waals surface area contributed by atoms with Crippen molar-refractivity contribution < 1.29 is 19.4 Å². The van der Waals surface area contributed by atoms with E-state index in [0.717, 1.165) is 27.8 Å². The molecule has 2 aromatic rings. The highest BCUT2D eigenvalue weighted by Crippen LogP contribution is 2.71. The van der Waals surface area contributed by atoms with Crippen LogP contribution < -0.4 is 0 Å². The fourth-order valence-corrected chi connectivity index (χ4v) is 6.85. The number of hydrogen-bond donors (Lipinski definition) is 1. The van der Waals surface area contributed by atoms with Crippen LogP contribution in [0.3, 0.4) is 0 Å². The summed E-state index contributed by atoms with van der Waals surface area (Å²) < 4.78 is 6.43. The first-order valence-electron chi connectivity index (χ1n) is 11.4. The fraction of sp³-hybridized carbons (Fsp3) is 0.429. The Morgan fingerprint density at radius 1 is 1.06 bits per heavy atom. The Hall–Kier alpha value is -2.72. The Bertz CT molecular complexity index is 1200. The quantitative estimate of drug-likeness (QED) is 0.641. The second kappa shape index (κ2) is 6.64. The number of allylic oxidation sites excluding steroid dienone is 1. The number of carbonyl (C=O) groups is 2. The summed E-state index contributed by atoms with van der Waals surface area (Å²) in [5.74, 6) is 0.0775. The van der Waals surface area contributed by atoms with E-state index in [4.69, 9.17) is 4.74 Å². The summed E-state index contributed by atoms with van der Waals surface area (Å²) in [4.78, 5) is 26.3. The van der Waals surface area contributed by atoms with Gasteiger partial charge in [0.2, 0.25) is 0 Å². The molecule has 5 atom stereocenters. The molecule has 166 valence electrons. The van der Waals surface area contributed by atoms with Crippen LogP contribution in [0, 0.1) is 31.6 Å². The van der Waals surface area contributed by atoms with Crippen LogP contribution in [-0.2, 0) is 9.53 Å². The number of aryl methyl sites for hydroxylation is 3. The molecule has 0 unspecified atom stereocenters. The number of Topliss-reactive ketones (excluding diaryl/α,β-unsaturated/α-hetero) is 2. The molecule has 0 radical (unpaired) electrons. The molecular weight excluding hydrogens is 400 g/mol. The molecule has 0 spiro atoms. The molecule has 1 N–H and O–H groups in total. The minimum atomic E-state index is -0.847. The van der Waals surface area contributed by atoms with Crippen molar-refractivity contribution in [3.05, 3.63) is 75.5 Å². The van der Waals surface area contributed by atoms with E-state index in [1.54, 1.807) is 6.92 Å². The smallest absolute Gasteiger partial charge is 0.176 e. The Morgan fingerprint density at radius 2 is 1.69 bits per heavy atom. The van der Waals surface area contributed by atoms with Crippen molar-refractivity contribution in [2.45, 2.75) is 66.1 Å². The molecule has 2 saturated heterocycles. The summed E-state index contributed by atoms with van der Waals surface area (Å²) in [5.41, 5.74) is 4.38. The van der Waals surface area contributed by atoms with Crippen LogP contribution in [0.15, 0.2) is 42.2 Å². The molecule has 0 saturated carbocycles. The average Bonchev–Trinajstić information content (AvgIpc) is 3.32. The maximum atomic E-state index is 14.0. The molecule has 2 aliphatic heterocycles. The number of ether oxygens (including phenoxy) is 1. The maximum absolute atomic E-state index is 14.0. The summed E-state index contributed by atoms with van der Waals surface area (Å²) in [5, 5.41) is 11.7. The molecule has 0 aromatic heterocycles.